The second-order valence-electron chi connectivity index (χ2n) is 8.43. The predicted octanol–water partition coefficient (Wildman–Crippen LogP) is 5.01. The van der Waals surface area contributed by atoms with Crippen molar-refractivity contribution in [1.29, 1.82) is 0 Å². The number of anilines is 2. The molecule has 2 aromatic carbocycles. The minimum atomic E-state index is 0.218. The van der Waals surface area contributed by atoms with Gasteiger partial charge in [0.25, 0.3) is 0 Å². The van der Waals surface area contributed by atoms with Gasteiger partial charge < -0.3 is 15.3 Å². The molecule has 3 aromatic heterocycles. The fourth-order valence-electron chi connectivity index (χ4n) is 3.90. The average Bonchev–Trinajstić information content (AvgIpc) is 3.23. The molecule has 0 fully saturated rings. The number of likely N-dealkylation sites (N-methyl/N-ethyl adjacent to an activating group) is 1. The molecule has 2 N–H and O–H groups in total. The largest absolute Gasteiger partial charge is 0.508 e. The molecule has 0 saturated carbocycles. The van der Waals surface area contributed by atoms with Crippen molar-refractivity contribution in [2.45, 2.75) is 6.42 Å². The van der Waals surface area contributed by atoms with Gasteiger partial charge in [0.2, 0.25) is 5.95 Å². The van der Waals surface area contributed by atoms with E-state index in [0.29, 0.717) is 5.95 Å². The Morgan fingerprint density at radius 1 is 0.941 bits per heavy atom. The van der Waals surface area contributed by atoms with Crippen molar-refractivity contribution in [2.75, 3.05) is 26.0 Å². The highest BCUT2D eigenvalue weighted by Crippen LogP contribution is 2.33. The lowest BCUT2D eigenvalue weighted by Crippen LogP contribution is -2.15. The number of hydrogen-bond donors (Lipinski definition) is 2. The van der Waals surface area contributed by atoms with E-state index < -0.39 is 0 Å². The smallest absolute Gasteiger partial charge is 0.227 e. The van der Waals surface area contributed by atoms with Crippen LogP contribution in [0.3, 0.4) is 0 Å². The van der Waals surface area contributed by atoms with Gasteiger partial charge in [0.1, 0.15) is 11.4 Å². The van der Waals surface area contributed by atoms with E-state index in [9.17, 15) is 5.11 Å². The van der Waals surface area contributed by atoms with Crippen LogP contribution in [0.5, 0.6) is 5.75 Å². The third-order valence-electron chi connectivity index (χ3n) is 5.60. The van der Waals surface area contributed by atoms with Crippen molar-refractivity contribution < 1.29 is 5.11 Å². The van der Waals surface area contributed by atoms with E-state index in [1.165, 1.54) is 5.56 Å². The number of benzene rings is 2. The highest BCUT2D eigenvalue weighted by atomic mass is 16.3. The molecule has 0 aliphatic rings. The van der Waals surface area contributed by atoms with Crippen molar-refractivity contribution in [3.8, 4) is 28.4 Å². The number of imidazole rings is 1. The summed E-state index contributed by atoms with van der Waals surface area (Å²) in [5, 5.41) is 13.1. The van der Waals surface area contributed by atoms with E-state index in [-0.39, 0.29) is 5.75 Å². The van der Waals surface area contributed by atoms with Crippen LogP contribution in [0.25, 0.3) is 28.3 Å². The molecule has 0 aliphatic heterocycles. The second kappa shape index (κ2) is 9.33. The highest BCUT2D eigenvalue weighted by molar-refractivity contribution is 5.81. The van der Waals surface area contributed by atoms with Crippen molar-refractivity contribution in [3.05, 3.63) is 90.8 Å². The zero-order valence-corrected chi connectivity index (χ0v) is 19.2. The van der Waals surface area contributed by atoms with Crippen LogP contribution < -0.4 is 5.32 Å². The Kier molecular flexibility index (Phi) is 5.93. The Balaban J connectivity index is 1.52. The molecule has 34 heavy (non-hydrogen) atoms. The molecule has 0 saturated heterocycles. The number of rotatable bonds is 7. The number of phenols is 1. The van der Waals surface area contributed by atoms with Crippen molar-refractivity contribution in [1.82, 2.24) is 24.3 Å². The number of fused-ring (bicyclic) bond motifs is 1. The summed E-state index contributed by atoms with van der Waals surface area (Å²) in [6.07, 6.45) is 4.70. The molecule has 0 unspecified atom stereocenters. The average molecular weight is 451 g/mol. The van der Waals surface area contributed by atoms with Crippen LogP contribution in [0.2, 0.25) is 0 Å². The molecular formula is C27H26N6O. The van der Waals surface area contributed by atoms with Crippen LogP contribution in [-0.2, 0) is 6.42 Å². The molecule has 0 amide bonds. The number of pyridine rings is 1. The third-order valence-corrected chi connectivity index (χ3v) is 5.60. The highest BCUT2D eigenvalue weighted by Gasteiger charge is 2.17. The molecule has 0 bridgehead atoms. The third kappa shape index (κ3) is 4.60. The van der Waals surface area contributed by atoms with E-state index in [2.05, 4.69) is 41.4 Å². The predicted molar refractivity (Wildman–Crippen MR) is 135 cm³/mol. The fraction of sp³-hybridized carbons (Fsp3) is 0.148. The molecule has 0 radical (unpaired) electrons. The van der Waals surface area contributed by atoms with Gasteiger partial charge in [-0.25, -0.2) is 15.0 Å². The summed E-state index contributed by atoms with van der Waals surface area (Å²) >= 11 is 0. The first-order valence-corrected chi connectivity index (χ1v) is 11.2. The molecule has 7 heteroatoms. The maximum atomic E-state index is 9.73. The van der Waals surface area contributed by atoms with Gasteiger partial charge in [0, 0.05) is 30.2 Å². The van der Waals surface area contributed by atoms with Gasteiger partial charge in [-0.3, -0.25) is 4.40 Å². The lowest BCUT2D eigenvalue weighted by molar-refractivity contribution is 0.413. The van der Waals surface area contributed by atoms with Crippen LogP contribution in [0.4, 0.5) is 11.6 Å². The number of aromatic nitrogens is 4. The van der Waals surface area contributed by atoms with Crippen LogP contribution in [0.1, 0.15) is 5.56 Å². The molecule has 5 rings (SSSR count). The van der Waals surface area contributed by atoms with E-state index >= 15 is 0 Å². The fourth-order valence-corrected chi connectivity index (χ4v) is 3.90. The summed E-state index contributed by atoms with van der Waals surface area (Å²) in [4.78, 5) is 16.3. The second-order valence-corrected chi connectivity index (χ2v) is 8.43. The monoisotopic (exact) mass is 450 g/mol. The minimum absolute atomic E-state index is 0.218. The van der Waals surface area contributed by atoms with Crippen molar-refractivity contribution >= 4 is 17.3 Å². The number of phenolic OH excluding ortho intramolecular Hbond substituents is 1. The topological polar surface area (TPSA) is 78.6 Å². The normalized spacial score (nSPS) is 11.3. The lowest BCUT2D eigenvalue weighted by atomic mass is 10.1. The van der Waals surface area contributed by atoms with Gasteiger partial charge in [-0.05, 0) is 80.7 Å². The Hall–Kier alpha value is -4.23. The number of aromatic hydroxyl groups is 1. The summed E-state index contributed by atoms with van der Waals surface area (Å²) in [6.45, 7) is 0.990. The van der Waals surface area contributed by atoms with Crippen LogP contribution in [-0.4, -0.2) is 50.0 Å². The first kappa shape index (κ1) is 21.6. The zero-order chi connectivity index (χ0) is 23.5. The van der Waals surface area contributed by atoms with Gasteiger partial charge >= 0.3 is 0 Å². The maximum absolute atomic E-state index is 9.73. The van der Waals surface area contributed by atoms with Gasteiger partial charge in [-0.15, -0.1) is 0 Å². The molecule has 7 nitrogen and oxygen atoms in total. The summed E-state index contributed by atoms with van der Waals surface area (Å²) in [6, 6.07) is 23.2. The molecule has 0 aliphatic carbocycles. The quantitative estimate of drug-likeness (QED) is 0.363. The zero-order valence-electron chi connectivity index (χ0n) is 19.2. The molecular weight excluding hydrogens is 424 g/mol. The Bertz CT molecular complexity index is 1430. The molecule has 3 heterocycles. The number of nitrogens with one attached hydrogen (secondary N) is 1. The maximum Gasteiger partial charge on any atom is 0.227 e. The van der Waals surface area contributed by atoms with Crippen LogP contribution in [0.15, 0.2) is 85.2 Å². The number of hydrogen-bond acceptors (Lipinski definition) is 6. The Morgan fingerprint density at radius 3 is 2.62 bits per heavy atom. The molecule has 0 spiro atoms. The van der Waals surface area contributed by atoms with Gasteiger partial charge in [0.05, 0.1) is 17.1 Å². The van der Waals surface area contributed by atoms with Gasteiger partial charge in [0.15, 0.2) is 0 Å². The minimum Gasteiger partial charge on any atom is -0.508 e. The Morgan fingerprint density at radius 2 is 1.79 bits per heavy atom. The Labute approximate surface area is 198 Å². The standard InChI is InChI=1S/C27H26N6O/c1-32(2)17-14-19-6-5-7-21(18-19)29-27-28-15-13-23(30-27)26-25(20-9-11-22(34)12-10-20)31-24-8-3-4-16-33(24)26/h3-13,15-16,18,34H,14,17H2,1-2H3,(H,28,29,30). The summed E-state index contributed by atoms with van der Waals surface area (Å²) in [7, 11) is 4.15. The summed E-state index contributed by atoms with van der Waals surface area (Å²) < 4.78 is 2.02. The van der Waals surface area contributed by atoms with Gasteiger partial charge in [-0.1, -0.05) is 18.2 Å². The van der Waals surface area contributed by atoms with Crippen molar-refractivity contribution in [2.24, 2.45) is 0 Å². The first-order chi connectivity index (χ1) is 16.6. The first-order valence-electron chi connectivity index (χ1n) is 11.2. The summed E-state index contributed by atoms with van der Waals surface area (Å²) in [5.74, 6) is 0.736. The molecule has 170 valence electrons. The van der Waals surface area contributed by atoms with E-state index in [1.807, 2.05) is 59.1 Å². The van der Waals surface area contributed by atoms with Crippen LogP contribution in [0, 0.1) is 0 Å². The van der Waals surface area contributed by atoms with E-state index in [1.54, 1.807) is 18.3 Å². The van der Waals surface area contributed by atoms with E-state index in [4.69, 9.17) is 9.97 Å². The molecule has 0 atom stereocenters. The van der Waals surface area contributed by atoms with Gasteiger partial charge in [-0.2, -0.15) is 0 Å². The van der Waals surface area contributed by atoms with Crippen LogP contribution >= 0.6 is 0 Å². The number of nitrogens with zero attached hydrogens (tertiary/aromatic N) is 5. The SMILES string of the molecule is CN(C)CCc1cccc(Nc2nccc(-c3c(-c4ccc(O)cc4)nc4ccccn34)n2)c1. The van der Waals surface area contributed by atoms with Crippen molar-refractivity contribution in [3.63, 3.8) is 0 Å². The lowest BCUT2D eigenvalue weighted by Gasteiger charge is -2.11. The molecule has 5 aromatic rings. The van der Waals surface area contributed by atoms with E-state index in [0.717, 1.165) is 46.9 Å². The summed E-state index contributed by atoms with van der Waals surface area (Å²) in [5.41, 5.74) is 6.34.